The number of carbonyl (C=O) groups is 1. The molecule has 0 bridgehead atoms. The first-order valence-corrected chi connectivity index (χ1v) is 4.04. The number of ether oxygens (including phenoxy) is 1. The Bertz CT molecular complexity index is 341. The van der Waals surface area contributed by atoms with E-state index in [1.54, 1.807) is 6.92 Å². The standard InChI is InChI=1S/C9H10FNO3/c1-6-4-7(9(12)13)11-5-8(6)14-3-2-10/h4-5H,2-3H2,1H3,(H,12,13). The van der Waals surface area contributed by atoms with E-state index in [0.29, 0.717) is 11.3 Å². The van der Waals surface area contributed by atoms with E-state index in [9.17, 15) is 9.18 Å². The lowest BCUT2D eigenvalue weighted by molar-refractivity contribution is 0.0690. The van der Waals surface area contributed by atoms with E-state index in [-0.39, 0.29) is 12.3 Å². The molecule has 0 saturated carbocycles. The number of hydrogen-bond acceptors (Lipinski definition) is 3. The lowest BCUT2D eigenvalue weighted by Gasteiger charge is -2.06. The molecule has 14 heavy (non-hydrogen) atoms. The summed E-state index contributed by atoms with van der Waals surface area (Å²) in [6, 6.07) is 1.38. The van der Waals surface area contributed by atoms with E-state index in [0.717, 1.165) is 0 Å². The van der Waals surface area contributed by atoms with Crippen molar-refractivity contribution in [1.29, 1.82) is 0 Å². The van der Waals surface area contributed by atoms with Gasteiger partial charge in [-0.15, -0.1) is 0 Å². The van der Waals surface area contributed by atoms with Crippen LogP contribution in [0.3, 0.4) is 0 Å². The average Bonchev–Trinajstić information content (AvgIpc) is 2.15. The molecule has 0 radical (unpaired) electrons. The first-order chi connectivity index (χ1) is 6.65. The van der Waals surface area contributed by atoms with Crippen LogP contribution in [0, 0.1) is 6.92 Å². The molecular weight excluding hydrogens is 189 g/mol. The number of halogens is 1. The van der Waals surface area contributed by atoms with Crippen LogP contribution in [0.1, 0.15) is 16.1 Å². The molecule has 1 aromatic heterocycles. The van der Waals surface area contributed by atoms with Crippen LogP contribution in [0.15, 0.2) is 12.3 Å². The van der Waals surface area contributed by atoms with Crippen molar-refractivity contribution in [2.24, 2.45) is 0 Å². The van der Waals surface area contributed by atoms with Crippen LogP contribution in [0.2, 0.25) is 0 Å². The molecule has 0 atom stereocenters. The third-order valence-electron chi connectivity index (χ3n) is 1.62. The number of rotatable bonds is 4. The first-order valence-electron chi connectivity index (χ1n) is 4.04. The SMILES string of the molecule is Cc1cc(C(=O)O)ncc1OCCF. The van der Waals surface area contributed by atoms with Crippen molar-refractivity contribution in [3.63, 3.8) is 0 Å². The van der Waals surface area contributed by atoms with Gasteiger partial charge >= 0.3 is 5.97 Å². The Balaban J connectivity index is 2.84. The number of nitrogens with zero attached hydrogens (tertiary/aromatic N) is 1. The van der Waals surface area contributed by atoms with Crippen molar-refractivity contribution in [3.05, 3.63) is 23.5 Å². The Kier molecular flexibility index (Phi) is 3.39. The predicted molar refractivity (Wildman–Crippen MR) is 47.4 cm³/mol. The zero-order valence-electron chi connectivity index (χ0n) is 7.66. The molecule has 1 rings (SSSR count). The highest BCUT2D eigenvalue weighted by molar-refractivity contribution is 5.85. The number of aromatic nitrogens is 1. The molecule has 0 aliphatic heterocycles. The Labute approximate surface area is 80.3 Å². The third kappa shape index (κ3) is 2.42. The second kappa shape index (κ2) is 4.55. The number of carboxylic acids is 1. The molecule has 1 aromatic rings. The second-order valence-electron chi connectivity index (χ2n) is 2.68. The van der Waals surface area contributed by atoms with Crippen LogP contribution >= 0.6 is 0 Å². The summed E-state index contributed by atoms with van der Waals surface area (Å²) in [5, 5.41) is 8.61. The van der Waals surface area contributed by atoms with Gasteiger partial charge in [0.1, 0.15) is 24.7 Å². The Morgan fingerprint density at radius 2 is 2.43 bits per heavy atom. The zero-order chi connectivity index (χ0) is 10.6. The van der Waals surface area contributed by atoms with Gasteiger partial charge in [-0.3, -0.25) is 0 Å². The number of aryl methyl sites for hydroxylation is 1. The molecule has 0 aliphatic rings. The zero-order valence-corrected chi connectivity index (χ0v) is 7.66. The summed E-state index contributed by atoms with van der Waals surface area (Å²) in [5.41, 5.74) is 0.584. The van der Waals surface area contributed by atoms with Crippen LogP contribution < -0.4 is 4.74 Å². The summed E-state index contributed by atoms with van der Waals surface area (Å²) < 4.78 is 16.8. The summed E-state index contributed by atoms with van der Waals surface area (Å²) in [6.45, 7) is 1.05. The molecule has 0 fully saturated rings. The van der Waals surface area contributed by atoms with Crippen molar-refractivity contribution in [2.75, 3.05) is 13.3 Å². The molecule has 0 aliphatic carbocycles. The minimum atomic E-state index is -1.09. The van der Waals surface area contributed by atoms with Gasteiger partial charge in [-0.1, -0.05) is 0 Å². The number of pyridine rings is 1. The fourth-order valence-electron chi connectivity index (χ4n) is 0.960. The molecule has 0 saturated heterocycles. The van der Waals surface area contributed by atoms with Gasteiger partial charge in [-0.05, 0) is 18.6 Å². The molecular formula is C9H10FNO3. The van der Waals surface area contributed by atoms with Crippen molar-refractivity contribution in [2.45, 2.75) is 6.92 Å². The van der Waals surface area contributed by atoms with Gasteiger partial charge in [0.2, 0.25) is 0 Å². The summed E-state index contributed by atoms with van der Waals surface area (Å²) in [5.74, 6) is -0.683. The van der Waals surface area contributed by atoms with Crippen molar-refractivity contribution < 1.29 is 19.0 Å². The fraction of sp³-hybridized carbons (Fsp3) is 0.333. The number of aromatic carboxylic acids is 1. The Hall–Kier alpha value is -1.65. The number of carboxylic acid groups (broad SMARTS) is 1. The molecule has 5 heteroatoms. The number of hydrogen-bond donors (Lipinski definition) is 1. The van der Waals surface area contributed by atoms with Crippen molar-refractivity contribution in [3.8, 4) is 5.75 Å². The molecule has 0 spiro atoms. The van der Waals surface area contributed by atoms with E-state index in [1.807, 2.05) is 0 Å². The topological polar surface area (TPSA) is 59.4 Å². The van der Waals surface area contributed by atoms with Crippen LogP contribution in [0.4, 0.5) is 4.39 Å². The average molecular weight is 199 g/mol. The van der Waals surface area contributed by atoms with Gasteiger partial charge in [0.25, 0.3) is 0 Å². The van der Waals surface area contributed by atoms with Gasteiger partial charge in [-0.2, -0.15) is 0 Å². The first kappa shape index (κ1) is 10.4. The third-order valence-corrected chi connectivity index (χ3v) is 1.62. The quantitative estimate of drug-likeness (QED) is 0.797. The van der Waals surface area contributed by atoms with E-state index in [4.69, 9.17) is 9.84 Å². The maximum absolute atomic E-state index is 11.8. The summed E-state index contributed by atoms with van der Waals surface area (Å²) >= 11 is 0. The van der Waals surface area contributed by atoms with Gasteiger partial charge in [0, 0.05) is 0 Å². The summed E-state index contributed by atoms with van der Waals surface area (Å²) in [4.78, 5) is 14.2. The maximum atomic E-state index is 11.8. The smallest absolute Gasteiger partial charge is 0.354 e. The molecule has 0 aromatic carbocycles. The molecule has 1 N–H and O–H groups in total. The highest BCUT2D eigenvalue weighted by Crippen LogP contribution is 2.16. The largest absolute Gasteiger partial charge is 0.489 e. The minimum Gasteiger partial charge on any atom is -0.489 e. The van der Waals surface area contributed by atoms with Gasteiger partial charge < -0.3 is 9.84 Å². The van der Waals surface area contributed by atoms with E-state index in [2.05, 4.69) is 4.98 Å². The summed E-state index contributed by atoms with van der Waals surface area (Å²) in [7, 11) is 0. The molecule has 0 amide bonds. The van der Waals surface area contributed by atoms with Gasteiger partial charge in [0.05, 0.1) is 6.20 Å². The lowest BCUT2D eigenvalue weighted by atomic mass is 10.2. The van der Waals surface area contributed by atoms with E-state index >= 15 is 0 Å². The molecule has 4 nitrogen and oxygen atoms in total. The monoisotopic (exact) mass is 199 g/mol. The van der Waals surface area contributed by atoms with Gasteiger partial charge in [-0.25, -0.2) is 14.2 Å². The van der Waals surface area contributed by atoms with Crippen molar-refractivity contribution in [1.82, 2.24) is 4.98 Å². The maximum Gasteiger partial charge on any atom is 0.354 e. The van der Waals surface area contributed by atoms with Gasteiger partial charge in [0.15, 0.2) is 0 Å². The highest BCUT2D eigenvalue weighted by Gasteiger charge is 2.07. The highest BCUT2D eigenvalue weighted by atomic mass is 19.1. The normalized spacial score (nSPS) is 9.86. The molecule has 0 unspecified atom stereocenters. The summed E-state index contributed by atoms with van der Waals surface area (Å²) in [6.07, 6.45) is 1.29. The fourth-order valence-corrected chi connectivity index (χ4v) is 0.960. The lowest BCUT2D eigenvalue weighted by Crippen LogP contribution is -2.04. The van der Waals surface area contributed by atoms with Crippen LogP contribution in [-0.2, 0) is 0 Å². The van der Waals surface area contributed by atoms with Crippen molar-refractivity contribution >= 4 is 5.97 Å². The number of alkyl halides is 1. The van der Waals surface area contributed by atoms with Crippen LogP contribution in [-0.4, -0.2) is 29.3 Å². The second-order valence-corrected chi connectivity index (χ2v) is 2.68. The van der Waals surface area contributed by atoms with E-state index in [1.165, 1.54) is 12.3 Å². The van der Waals surface area contributed by atoms with Crippen LogP contribution in [0.25, 0.3) is 0 Å². The predicted octanol–water partition coefficient (Wildman–Crippen LogP) is 1.44. The molecule has 1 heterocycles. The van der Waals surface area contributed by atoms with E-state index < -0.39 is 12.6 Å². The Morgan fingerprint density at radius 3 is 2.93 bits per heavy atom. The molecule has 76 valence electrons. The minimum absolute atomic E-state index is 0.0462. The van der Waals surface area contributed by atoms with Crippen LogP contribution in [0.5, 0.6) is 5.75 Å². The Morgan fingerprint density at radius 1 is 1.71 bits per heavy atom.